The summed E-state index contributed by atoms with van der Waals surface area (Å²) < 4.78 is 2.67. The van der Waals surface area contributed by atoms with Gasteiger partial charge in [-0.15, -0.1) is 11.3 Å². The van der Waals surface area contributed by atoms with Gasteiger partial charge in [0.25, 0.3) is 0 Å². The van der Waals surface area contributed by atoms with E-state index in [4.69, 9.17) is 0 Å². The molecule has 1 nitrogen and oxygen atoms in total. The Hall–Kier alpha value is -5.18. The summed E-state index contributed by atoms with van der Waals surface area (Å²) in [6.45, 7) is 0. The van der Waals surface area contributed by atoms with Crippen molar-refractivity contribution in [3.8, 4) is 22.3 Å². The van der Waals surface area contributed by atoms with Gasteiger partial charge >= 0.3 is 0 Å². The van der Waals surface area contributed by atoms with Crippen molar-refractivity contribution >= 4 is 59.3 Å². The van der Waals surface area contributed by atoms with E-state index in [0.29, 0.717) is 5.92 Å². The van der Waals surface area contributed by atoms with Gasteiger partial charge in [-0.3, -0.25) is 0 Å². The molecule has 0 saturated heterocycles. The fourth-order valence-corrected chi connectivity index (χ4v) is 10.6. The van der Waals surface area contributed by atoms with Crippen molar-refractivity contribution in [3.05, 3.63) is 163 Å². The van der Waals surface area contributed by atoms with Gasteiger partial charge in [-0.2, -0.15) is 0 Å². The smallest absolute Gasteiger partial charge is 0.0546 e. The minimum Gasteiger partial charge on any atom is -0.310 e. The highest BCUT2D eigenvalue weighted by molar-refractivity contribution is 7.25. The van der Waals surface area contributed by atoms with E-state index >= 15 is 0 Å². The molecular formula is C52H47NS. The van der Waals surface area contributed by atoms with Crippen molar-refractivity contribution in [3.63, 3.8) is 0 Å². The van der Waals surface area contributed by atoms with Crippen LogP contribution in [-0.4, -0.2) is 0 Å². The van der Waals surface area contributed by atoms with Crippen molar-refractivity contribution in [2.45, 2.75) is 76.0 Å². The molecule has 0 atom stereocenters. The van der Waals surface area contributed by atoms with Gasteiger partial charge in [-0.1, -0.05) is 142 Å². The van der Waals surface area contributed by atoms with Crippen LogP contribution < -0.4 is 4.90 Å². The van der Waals surface area contributed by atoms with Crippen LogP contribution in [0.5, 0.6) is 0 Å². The normalized spacial score (nSPS) is 15.6. The van der Waals surface area contributed by atoms with Crippen LogP contribution in [0.25, 0.3) is 53.2 Å². The Bertz CT molecular complexity index is 2550. The second-order valence-electron chi connectivity index (χ2n) is 15.8. The molecule has 1 aromatic heterocycles. The summed E-state index contributed by atoms with van der Waals surface area (Å²) in [5, 5.41) is 5.18. The molecule has 0 spiro atoms. The minimum atomic E-state index is 0.675. The summed E-state index contributed by atoms with van der Waals surface area (Å²) in [4.78, 5) is 2.50. The molecule has 1 heterocycles. The first-order valence-electron chi connectivity index (χ1n) is 20.3. The van der Waals surface area contributed by atoms with Crippen molar-refractivity contribution in [2.75, 3.05) is 4.90 Å². The molecular weight excluding hydrogens is 671 g/mol. The summed E-state index contributed by atoms with van der Waals surface area (Å²) in [7, 11) is 0. The number of rotatable bonds is 7. The molecule has 54 heavy (non-hydrogen) atoms. The molecule has 2 saturated carbocycles. The van der Waals surface area contributed by atoms with Crippen LogP contribution in [0.15, 0.2) is 152 Å². The van der Waals surface area contributed by atoms with Crippen LogP contribution in [0.3, 0.4) is 0 Å². The Kier molecular flexibility index (Phi) is 9.01. The highest BCUT2D eigenvalue weighted by Gasteiger charge is 2.22. The molecule has 2 heteroatoms. The number of anilines is 3. The highest BCUT2D eigenvalue weighted by atomic mass is 32.1. The Labute approximate surface area is 323 Å². The molecule has 0 unspecified atom stereocenters. The van der Waals surface area contributed by atoms with Crippen LogP contribution >= 0.6 is 11.3 Å². The first kappa shape index (κ1) is 33.4. The van der Waals surface area contributed by atoms with Gasteiger partial charge in [0.05, 0.1) is 5.69 Å². The third-order valence-electron chi connectivity index (χ3n) is 12.5. The highest BCUT2D eigenvalue weighted by Crippen LogP contribution is 2.46. The van der Waals surface area contributed by atoms with Gasteiger partial charge in [0.2, 0.25) is 0 Å². The van der Waals surface area contributed by atoms with Crippen LogP contribution in [-0.2, 0) is 0 Å². The van der Waals surface area contributed by atoms with E-state index < -0.39 is 0 Å². The number of hydrogen-bond acceptors (Lipinski definition) is 2. The lowest BCUT2D eigenvalue weighted by molar-refractivity contribution is 0.443. The third-order valence-corrected chi connectivity index (χ3v) is 13.6. The molecule has 266 valence electrons. The van der Waals surface area contributed by atoms with Crippen LogP contribution in [0, 0.1) is 0 Å². The van der Waals surface area contributed by atoms with Crippen LogP contribution in [0.4, 0.5) is 17.1 Å². The first-order chi connectivity index (χ1) is 26.7. The molecule has 0 bridgehead atoms. The predicted molar refractivity (Wildman–Crippen MR) is 234 cm³/mol. The summed E-state index contributed by atoms with van der Waals surface area (Å²) in [6, 6.07) is 57.8. The molecule has 0 aliphatic heterocycles. The molecule has 10 rings (SSSR count). The molecule has 0 N–H and O–H groups in total. The molecule has 2 aliphatic rings. The average molecular weight is 718 g/mol. The lowest BCUT2D eigenvalue weighted by Crippen LogP contribution is -2.12. The third kappa shape index (κ3) is 6.41. The second kappa shape index (κ2) is 14.6. The van der Waals surface area contributed by atoms with E-state index in [1.54, 1.807) is 0 Å². The summed E-state index contributed by atoms with van der Waals surface area (Å²) in [5.41, 5.74) is 11.6. The Morgan fingerprint density at radius 3 is 1.56 bits per heavy atom. The van der Waals surface area contributed by atoms with Crippen LogP contribution in [0.1, 0.15) is 87.2 Å². The van der Waals surface area contributed by atoms with E-state index in [-0.39, 0.29) is 0 Å². The lowest BCUT2D eigenvalue weighted by atomic mass is 9.84. The maximum atomic E-state index is 2.50. The molecule has 7 aromatic carbocycles. The van der Waals surface area contributed by atoms with Gasteiger partial charge in [0.1, 0.15) is 0 Å². The number of thiophene rings is 1. The van der Waals surface area contributed by atoms with E-state index in [1.165, 1.54) is 146 Å². The quantitative estimate of drug-likeness (QED) is 0.159. The SMILES string of the molecule is c1ccc2cc(N(c3ccc(-c4ccc(C5CCCCC5)cc4)cc3)c3ccc(C4CCCCC4)cc3)c(-c3ccc4c(c3)sc3ccccc34)cc2c1. The topological polar surface area (TPSA) is 3.24 Å². The zero-order chi connectivity index (χ0) is 35.8. The fourth-order valence-electron chi connectivity index (χ4n) is 9.48. The maximum Gasteiger partial charge on any atom is 0.0546 e. The summed E-state index contributed by atoms with van der Waals surface area (Å²) >= 11 is 1.89. The Balaban J connectivity index is 1.09. The van der Waals surface area contributed by atoms with Gasteiger partial charge in [-0.25, -0.2) is 0 Å². The molecule has 8 aromatic rings. The lowest BCUT2D eigenvalue weighted by Gasteiger charge is -2.29. The van der Waals surface area contributed by atoms with Gasteiger partial charge in [0, 0.05) is 37.1 Å². The standard InChI is InChI=1S/C52H47NS/c1-3-11-36(12-4-1)38-19-21-39(22-20-38)41-25-30-46(31-26-41)53(45-28-23-40(24-29-45)37-13-5-2-6-14-37)50-34-43-16-8-7-15-42(43)33-49(50)44-27-32-48-47-17-9-10-18-51(47)54-52(48)35-44/h7-10,15-37H,1-6,11-14H2. The van der Waals surface area contributed by atoms with Gasteiger partial charge in [-0.05, 0) is 125 Å². The molecule has 2 aliphatic carbocycles. The van der Waals surface area contributed by atoms with E-state index in [0.717, 1.165) is 5.92 Å². The van der Waals surface area contributed by atoms with E-state index in [1.807, 2.05) is 11.3 Å². The zero-order valence-corrected chi connectivity index (χ0v) is 31.8. The molecule has 2 fully saturated rings. The molecule has 0 amide bonds. The van der Waals surface area contributed by atoms with Gasteiger partial charge < -0.3 is 4.90 Å². The summed E-state index contributed by atoms with van der Waals surface area (Å²) in [5.74, 6) is 1.40. The van der Waals surface area contributed by atoms with Crippen molar-refractivity contribution in [2.24, 2.45) is 0 Å². The largest absolute Gasteiger partial charge is 0.310 e. The predicted octanol–water partition coefficient (Wildman–Crippen LogP) is 16.1. The number of benzene rings is 7. The molecule has 0 radical (unpaired) electrons. The van der Waals surface area contributed by atoms with E-state index in [2.05, 4.69) is 157 Å². The zero-order valence-electron chi connectivity index (χ0n) is 31.0. The number of nitrogens with zero attached hydrogens (tertiary/aromatic N) is 1. The minimum absolute atomic E-state index is 0.675. The monoisotopic (exact) mass is 717 g/mol. The van der Waals surface area contributed by atoms with Crippen molar-refractivity contribution in [1.82, 2.24) is 0 Å². The number of hydrogen-bond donors (Lipinski definition) is 0. The Morgan fingerprint density at radius 2 is 0.907 bits per heavy atom. The van der Waals surface area contributed by atoms with Crippen LogP contribution in [0.2, 0.25) is 0 Å². The maximum absolute atomic E-state index is 2.50. The first-order valence-corrected chi connectivity index (χ1v) is 21.1. The Morgan fingerprint density at radius 1 is 0.407 bits per heavy atom. The summed E-state index contributed by atoms with van der Waals surface area (Å²) in [6.07, 6.45) is 13.5. The van der Waals surface area contributed by atoms with Gasteiger partial charge in [0.15, 0.2) is 0 Å². The fraction of sp³-hybridized carbons (Fsp3) is 0.231. The average Bonchev–Trinajstić information content (AvgIpc) is 3.63. The van der Waals surface area contributed by atoms with Crippen molar-refractivity contribution in [1.29, 1.82) is 0 Å². The number of fused-ring (bicyclic) bond motifs is 4. The second-order valence-corrected chi connectivity index (χ2v) is 16.9. The van der Waals surface area contributed by atoms with E-state index in [9.17, 15) is 0 Å². The van der Waals surface area contributed by atoms with Crippen molar-refractivity contribution < 1.29 is 0 Å².